The Morgan fingerprint density at radius 3 is 2.62 bits per heavy atom. The van der Waals surface area contributed by atoms with E-state index in [0.717, 1.165) is 14.8 Å². The summed E-state index contributed by atoms with van der Waals surface area (Å²) in [5, 5.41) is 3.34. The minimum absolute atomic E-state index is 0.0653. The lowest BCUT2D eigenvalue weighted by Gasteiger charge is -2.29. The van der Waals surface area contributed by atoms with E-state index in [4.69, 9.17) is 11.6 Å². The number of aryl methyl sites for hydroxylation is 1. The molecule has 2 amide bonds. The van der Waals surface area contributed by atoms with Gasteiger partial charge in [0.15, 0.2) is 0 Å². The number of carbonyl (C=O) groups is 2. The number of nitrogens with zero attached hydrogens (tertiary/aromatic N) is 2. The largest absolute Gasteiger partial charge is 0.324 e. The fourth-order valence-corrected chi connectivity index (χ4v) is 4.89. The van der Waals surface area contributed by atoms with Gasteiger partial charge in [-0.1, -0.05) is 11.6 Å². The molecule has 3 rings (SSSR count). The Morgan fingerprint density at radius 1 is 1.24 bits per heavy atom. The standard InChI is InChI=1S/C19H20ClN3O4S2/c1-12-8-13(20)4-6-15(12)21-18(24)10-23-16-9-14(29(26,27)22(2)3)5-7-17(16)28-11-19(23)25/h4-9H,10-11H2,1-3H3,(H,21,24). The van der Waals surface area contributed by atoms with Crippen molar-refractivity contribution in [3.8, 4) is 0 Å². The number of thioether (sulfide) groups is 1. The second kappa shape index (κ2) is 8.35. The van der Waals surface area contributed by atoms with Crippen LogP contribution >= 0.6 is 23.4 Å². The van der Waals surface area contributed by atoms with Crippen LogP contribution in [0, 0.1) is 6.92 Å². The Balaban J connectivity index is 1.88. The predicted molar refractivity (Wildman–Crippen MR) is 115 cm³/mol. The van der Waals surface area contributed by atoms with Gasteiger partial charge in [-0.3, -0.25) is 9.59 Å². The Kier molecular flexibility index (Phi) is 6.23. The van der Waals surface area contributed by atoms with E-state index in [0.29, 0.717) is 16.4 Å². The highest BCUT2D eigenvalue weighted by Crippen LogP contribution is 2.37. The number of rotatable bonds is 5. The molecular formula is C19H20ClN3O4S2. The molecule has 0 spiro atoms. The lowest BCUT2D eigenvalue weighted by Crippen LogP contribution is -2.41. The first-order chi connectivity index (χ1) is 13.6. The Bertz CT molecular complexity index is 1090. The average Bonchev–Trinajstić information content (AvgIpc) is 2.65. The monoisotopic (exact) mass is 453 g/mol. The molecular weight excluding hydrogens is 434 g/mol. The highest BCUT2D eigenvalue weighted by atomic mass is 35.5. The minimum Gasteiger partial charge on any atom is -0.324 e. The maximum atomic E-state index is 12.6. The maximum absolute atomic E-state index is 12.6. The second-order valence-electron chi connectivity index (χ2n) is 6.69. The molecule has 29 heavy (non-hydrogen) atoms. The Labute approximate surface area is 179 Å². The average molecular weight is 454 g/mol. The molecule has 0 radical (unpaired) electrons. The molecule has 7 nitrogen and oxygen atoms in total. The van der Waals surface area contributed by atoms with Crippen molar-refractivity contribution in [3.63, 3.8) is 0 Å². The molecule has 0 saturated heterocycles. The first-order valence-corrected chi connectivity index (χ1v) is 11.5. The van der Waals surface area contributed by atoms with E-state index in [9.17, 15) is 18.0 Å². The molecule has 0 saturated carbocycles. The van der Waals surface area contributed by atoms with Gasteiger partial charge in [0.1, 0.15) is 6.54 Å². The van der Waals surface area contributed by atoms with Gasteiger partial charge in [-0.05, 0) is 48.9 Å². The number of hydrogen-bond donors (Lipinski definition) is 1. The highest BCUT2D eigenvalue weighted by molar-refractivity contribution is 8.00. The molecule has 1 N–H and O–H groups in total. The first kappa shape index (κ1) is 21.6. The number of nitrogens with one attached hydrogen (secondary N) is 1. The van der Waals surface area contributed by atoms with Crippen molar-refractivity contribution in [2.45, 2.75) is 16.7 Å². The van der Waals surface area contributed by atoms with Crippen LogP contribution in [0.25, 0.3) is 0 Å². The van der Waals surface area contributed by atoms with Gasteiger partial charge in [-0.15, -0.1) is 11.8 Å². The first-order valence-electron chi connectivity index (χ1n) is 8.65. The topological polar surface area (TPSA) is 86.8 Å². The quantitative estimate of drug-likeness (QED) is 0.752. The molecule has 0 aliphatic carbocycles. The van der Waals surface area contributed by atoms with Crippen molar-refractivity contribution in [3.05, 3.63) is 47.0 Å². The van der Waals surface area contributed by atoms with Gasteiger partial charge < -0.3 is 10.2 Å². The zero-order chi connectivity index (χ0) is 21.3. The molecule has 0 aromatic heterocycles. The SMILES string of the molecule is Cc1cc(Cl)ccc1NC(=O)CN1C(=O)CSc2ccc(S(=O)(=O)N(C)C)cc21. The van der Waals surface area contributed by atoms with Crippen molar-refractivity contribution < 1.29 is 18.0 Å². The highest BCUT2D eigenvalue weighted by Gasteiger charge is 2.29. The predicted octanol–water partition coefficient (Wildman–Crippen LogP) is 2.98. The third kappa shape index (κ3) is 4.58. The van der Waals surface area contributed by atoms with Gasteiger partial charge in [0.2, 0.25) is 21.8 Å². The number of carbonyl (C=O) groups excluding carboxylic acids is 2. The molecule has 10 heteroatoms. The molecule has 1 heterocycles. The second-order valence-corrected chi connectivity index (χ2v) is 10.3. The van der Waals surface area contributed by atoms with E-state index < -0.39 is 10.0 Å². The number of benzene rings is 2. The van der Waals surface area contributed by atoms with Crippen LogP contribution < -0.4 is 10.2 Å². The van der Waals surface area contributed by atoms with Gasteiger partial charge >= 0.3 is 0 Å². The Hall–Kier alpha value is -2.07. The molecule has 0 unspecified atom stereocenters. The van der Waals surface area contributed by atoms with Crippen molar-refractivity contribution in [1.82, 2.24) is 4.31 Å². The fourth-order valence-electron chi connectivity index (χ4n) is 2.83. The van der Waals surface area contributed by atoms with E-state index in [-0.39, 0.29) is 29.0 Å². The summed E-state index contributed by atoms with van der Waals surface area (Å²) in [4.78, 5) is 27.2. The van der Waals surface area contributed by atoms with Gasteiger partial charge in [0.25, 0.3) is 0 Å². The zero-order valence-electron chi connectivity index (χ0n) is 16.1. The molecule has 0 bridgehead atoms. The van der Waals surface area contributed by atoms with Gasteiger partial charge in [0, 0.05) is 29.7 Å². The van der Waals surface area contributed by atoms with E-state index in [1.807, 2.05) is 6.92 Å². The van der Waals surface area contributed by atoms with Crippen LogP contribution in [0.1, 0.15) is 5.56 Å². The summed E-state index contributed by atoms with van der Waals surface area (Å²) in [6.45, 7) is 1.60. The third-order valence-corrected chi connectivity index (χ3v) is 7.51. The summed E-state index contributed by atoms with van der Waals surface area (Å²) in [5.74, 6) is -0.465. The molecule has 2 aromatic rings. The van der Waals surface area contributed by atoms with E-state index in [1.54, 1.807) is 24.3 Å². The summed E-state index contributed by atoms with van der Waals surface area (Å²) in [5.41, 5.74) is 1.81. The zero-order valence-corrected chi connectivity index (χ0v) is 18.5. The van der Waals surface area contributed by atoms with E-state index in [1.165, 1.54) is 42.9 Å². The number of anilines is 2. The van der Waals surface area contributed by atoms with Crippen LogP contribution in [-0.2, 0) is 19.6 Å². The third-order valence-electron chi connectivity index (χ3n) is 4.42. The summed E-state index contributed by atoms with van der Waals surface area (Å²) in [6.07, 6.45) is 0. The van der Waals surface area contributed by atoms with Crippen LogP contribution in [0.4, 0.5) is 11.4 Å². The molecule has 1 aliphatic heterocycles. The minimum atomic E-state index is -3.66. The van der Waals surface area contributed by atoms with Crippen molar-refractivity contribution in [1.29, 1.82) is 0 Å². The molecule has 1 aliphatic rings. The van der Waals surface area contributed by atoms with Crippen LogP contribution in [0.3, 0.4) is 0 Å². The van der Waals surface area contributed by atoms with Crippen molar-refractivity contribution in [2.75, 3.05) is 36.6 Å². The normalized spacial score (nSPS) is 14.1. The lowest BCUT2D eigenvalue weighted by molar-refractivity contribution is -0.120. The van der Waals surface area contributed by atoms with E-state index in [2.05, 4.69) is 5.32 Å². The number of sulfonamides is 1. The summed E-state index contributed by atoms with van der Waals surface area (Å²) < 4.78 is 26.0. The number of fused-ring (bicyclic) bond motifs is 1. The summed E-state index contributed by atoms with van der Waals surface area (Å²) in [6, 6.07) is 9.70. The lowest BCUT2D eigenvalue weighted by atomic mass is 10.2. The summed E-state index contributed by atoms with van der Waals surface area (Å²) in [7, 11) is -0.787. The molecule has 2 aromatic carbocycles. The van der Waals surface area contributed by atoms with Crippen LogP contribution in [0.15, 0.2) is 46.2 Å². The van der Waals surface area contributed by atoms with Crippen LogP contribution in [0.2, 0.25) is 5.02 Å². The van der Waals surface area contributed by atoms with Crippen molar-refractivity contribution in [2.24, 2.45) is 0 Å². The van der Waals surface area contributed by atoms with Crippen molar-refractivity contribution >= 4 is 56.6 Å². The smallest absolute Gasteiger partial charge is 0.244 e. The molecule has 154 valence electrons. The number of halogens is 1. The van der Waals surface area contributed by atoms with Crippen LogP contribution in [0.5, 0.6) is 0 Å². The van der Waals surface area contributed by atoms with Gasteiger partial charge in [-0.2, -0.15) is 0 Å². The van der Waals surface area contributed by atoms with Gasteiger partial charge in [-0.25, -0.2) is 12.7 Å². The number of amides is 2. The Morgan fingerprint density at radius 2 is 1.97 bits per heavy atom. The molecule has 0 atom stereocenters. The van der Waals surface area contributed by atoms with Crippen LogP contribution in [-0.4, -0.2) is 50.9 Å². The van der Waals surface area contributed by atoms with E-state index >= 15 is 0 Å². The fraction of sp³-hybridized carbons (Fsp3) is 0.263. The summed E-state index contributed by atoms with van der Waals surface area (Å²) >= 11 is 7.26. The maximum Gasteiger partial charge on any atom is 0.244 e. The molecule has 0 fully saturated rings. The van der Waals surface area contributed by atoms with Gasteiger partial charge in [0.05, 0.1) is 16.3 Å². The number of hydrogen-bond acceptors (Lipinski definition) is 5.